The largest absolute Gasteiger partial charge is 0.450 e. The summed E-state index contributed by atoms with van der Waals surface area (Å²) < 4.78 is 17.2. The second kappa shape index (κ2) is 10.7. The number of rotatable bonds is 6. The van der Waals surface area contributed by atoms with Crippen LogP contribution >= 0.6 is 0 Å². The summed E-state index contributed by atoms with van der Waals surface area (Å²) >= 11 is 0. The molecule has 9 heteroatoms. The van der Waals surface area contributed by atoms with Crippen LogP contribution in [0.4, 0.5) is 4.79 Å². The maximum atomic E-state index is 13.7. The molecule has 3 saturated heterocycles. The van der Waals surface area contributed by atoms with Gasteiger partial charge in [0.25, 0.3) is 11.8 Å². The van der Waals surface area contributed by atoms with Gasteiger partial charge in [-0.1, -0.05) is 60.7 Å². The third-order valence-corrected chi connectivity index (χ3v) is 6.92. The van der Waals surface area contributed by atoms with Gasteiger partial charge in [-0.2, -0.15) is 0 Å². The number of benzene rings is 2. The molecular formula is C27H31N3O6. The predicted octanol–water partition coefficient (Wildman–Crippen LogP) is 2.05. The van der Waals surface area contributed by atoms with Crippen molar-refractivity contribution in [1.82, 2.24) is 14.7 Å². The molecule has 0 unspecified atom stereocenters. The van der Waals surface area contributed by atoms with Crippen molar-refractivity contribution in [3.63, 3.8) is 0 Å². The van der Waals surface area contributed by atoms with E-state index in [1.807, 2.05) is 60.7 Å². The van der Waals surface area contributed by atoms with E-state index in [0.29, 0.717) is 45.8 Å². The van der Waals surface area contributed by atoms with Gasteiger partial charge in [-0.05, 0) is 24.5 Å². The van der Waals surface area contributed by atoms with E-state index in [4.69, 9.17) is 14.2 Å². The van der Waals surface area contributed by atoms with Gasteiger partial charge in [0.15, 0.2) is 18.5 Å². The summed E-state index contributed by atoms with van der Waals surface area (Å²) in [6.07, 6.45) is -2.52. The zero-order valence-electron chi connectivity index (χ0n) is 20.3. The maximum absolute atomic E-state index is 13.7. The van der Waals surface area contributed by atoms with Crippen molar-refractivity contribution in [1.29, 1.82) is 0 Å². The van der Waals surface area contributed by atoms with E-state index in [2.05, 4.69) is 0 Å². The van der Waals surface area contributed by atoms with Crippen LogP contribution in [0.5, 0.6) is 0 Å². The first-order valence-corrected chi connectivity index (χ1v) is 12.4. The van der Waals surface area contributed by atoms with Crippen molar-refractivity contribution in [3.05, 3.63) is 71.8 Å². The first kappa shape index (κ1) is 24.3. The Labute approximate surface area is 210 Å². The van der Waals surface area contributed by atoms with E-state index in [0.717, 1.165) is 11.1 Å². The fourth-order valence-electron chi connectivity index (χ4n) is 5.04. The standard InChI is InChI=1S/C27H31N3O6/c1-2-34-27(33)29-15-13-28(14-16-29)24(31)22-23-25(32)30(18-20-11-7-4-8-12-20)21(26(35-22)36-23)17-19-9-5-3-6-10-19/h3-12,21-23,26H,2,13-18H2,1H3/t21-,22+,23+,26+/m0/s1. The van der Waals surface area contributed by atoms with Gasteiger partial charge >= 0.3 is 6.09 Å². The fourth-order valence-corrected chi connectivity index (χ4v) is 5.04. The average molecular weight is 494 g/mol. The lowest BCUT2D eigenvalue weighted by molar-refractivity contribution is -0.177. The summed E-state index contributed by atoms with van der Waals surface area (Å²) in [6.45, 7) is 3.93. The minimum absolute atomic E-state index is 0.239. The molecule has 3 amide bonds. The van der Waals surface area contributed by atoms with Crippen molar-refractivity contribution in [2.45, 2.75) is 44.4 Å². The van der Waals surface area contributed by atoms with Crippen LogP contribution in [0.25, 0.3) is 0 Å². The molecule has 0 spiro atoms. The summed E-state index contributed by atoms with van der Waals surface area (Å²) in [4.78, 5) is 44.1. The van der Waals surface area contributed by atoms with Crippen molar-refractivity contribution in [3.8, 4) is 0 Å². The highest BCUT2D eigenvalue weighted by molar-refractivity contribution is 5.92. The topological polar surface area (TPSA) is 88.6 Å². The third-order valence-electron chi connectivity index (χ3n) is 6.92. The van der Waals surface area contributed by atoms with Crippen molar-refractivity contribution < 1.29 is 28.6 Å². The van der Waals surface area contributed by atoms with E-state index >= 15 is 0 Å². The van der Waals surface area contributed by atoms with Gasteiger partial charge < -0.3 is 28.9 Å². The number of ether oxygens (including phenoxy) is 3. The van der Waals surface area contributed by atoms with Crippen molar-refractivity contribution in [2.24, 2.45) is 0 Å². The van der Waals surface area contributed by atoms with Crippen LogP contribution in [0.15, 0.2) is 60.7 Å². The van der Waals surface area contributed by atoms with Crippen LogP contribution < -0.4 is 0 Å². The number of carbonyl (C=O) groups is 3. The average Bonchev–Trinajstić information content (AvgIpc) is 3.32. The highest BCUT2D eigenvalue weighted by Gasteiger charge is 2.56. The molecule has 0 N–H and O–H groups in total. The minimum Gasteiger partial charge on any atom is -0.450 e. The van der Waals surface area contributed by atoms with Gasteiger partial charge in [-0.3, -0.25) is 9.59 Å². The zero-order valence-corrected chi connectivity index (χ0v) is 20.3. The smallest absolute Gasteiger partial charge is 0.409 e. The molecule has 3 aliphatic heterocycles. The lowest BCUT2D eigenvalue weighted by Crippen LogP contribution is -2.58. The Morgan fingerprint density at radius 2 is 1.50 bits per heavy atom. The van der Waals surface area contributed by atoms with E-state index in [1.165, 1.54) is 0 Å². The Morgan fingerprint density at radius 1 is 0.889 bits per heavy atom. The van der Waals surface area contributed by atoms with Crippen molar-refractivity contribution in [2.75, 3.05) is 32.8 Å². The van der Waals surface area contributed by atoms with E-state index in [9.17, 15) is 14.4 Å². The Kier molecular flexibility index (Phi) is 7.20. The van der Waals surface area contributed by atoms with Gasteiger partial charge in [0, 0.05) is 32.7 Å². The van der Waals surface area contributed by atoms with Crippen molar-refractivity contribution >= 4 is 17.9 Å². The Morgan fingerprint density at radius 3 is 2.14 bits per heavy atom. The molecule has 0 aromatic heterocycles. The number of morpholine rings is 1. The molecule has 2 aromatic carbocycles. The lowest BCUT2D eigenvalue weighted by Gasteiger charge is -2.39. The molecule has 0 saturated carbocycles. The molecule has 4 atom stereocenters. The van der Waals surface area contributed by atoms with Crippen LogP contribution in [-0.4, -0.2) is 89.9 Å². The SMILES string of the molecule is CCOC(=O)N1CCN(C(=O)[C@@H]2O[C@@H]3O[C@H]2C(=O)N(Cc2ccccc2)[C@H]3Cc2ccccc2)CC1. The highest BCUT2D eigenvalue weighted by atomic mass is 16.7. The molecule has 3 heterocycles. The molecule has 5 rings (SSSR count). The first-order chi connectivity index (χ1) is 17.5. The molecule has 2 bridgehead atoms. The molecule has 3 aliphatic rings. The maximum Gasteiger partial charge on any atom is 0.409 e. The van der Waals surface area contributed by atoms with Gasteiger partial charge in [0.05, 0.1) is 12.6 Å². The monoisotopic (exact) mass is 493 g/mol. The summed E-state index contributed by atoms with van der Waals surface area (Å²) in [5, 5.41) is 0. The Hall–Kier alpha value is -3.43. The second-order valence-electron chi connectivity index (χ2n) is 9.20. The van der Waals surface area contributed by atoms with Gasteiger partial charge in [-0.25, -0.2) is 4.79 Å². The molecule has 9 nitrogen and oxygen atoms in total. The number of amides is 3. The number of hydrogen-bond acceptors (Lipinski definition) is 6. The number of carbonyl (C=O) groups excluding carboxylic acids is 3. The molecule has 2 aromatic rings. The zero-order chi connectivity index (χ0) is 25.1. The summed E-state index contributed by atoms with van der Waals surface area (Å²) in [7, 11) is 0. The molecule has 36 heavy (non-hydrogen) atoms. The minimum atomic E-state index is -1.00. The highest BCUT2D eigenvalue weighted by Crippen LogP contribution is 2.35. The first-order valence-electron chi connectivity index (χ1n) is 12.4. The van der Waals surface area contributed by atoms with Crippen LogP contribution in [0, 0.1) is 0 Å². The summed E-state index contributed by atoms with van der Waals surface area (Å²) in [5.41, 5.74) is 2.06. The summed E-state index contributed by atoms with van der Waals surface area (Å²) in [6, 6.07) is 19.3. The lowest BCUT2D eigenvalue weighted by atomic mass is 10.0. The molecular weight excluding hydrogens is 462 g/mol. The molecule has 3 fully saturated rings. The summed E-state index contributed by atoms with van der Waals surface area (Å²) in [5.74, 6) is -0.517. The fraction of sp³-hybridized carbons (Fsp3) is 0.444. The van der Waals surface area contributed by atoms with E-state index < -0.39 is 18.5 Å². The van der Waals surface area contributed by atoms with Crippen LogP contribution in [0.3, 0.4) is 0 Å². The van der Waals surface area contributed by atoms with Crippen LogP contribution in [0.1, 0.15) is 18.1 Å². The number of hydrogen-bond donors (Lipinski definition) is 0. The van der Waals surface area contributed by atoms with E-state index in [1.54, 1.807) is 21.6 Å². The number of piperazine rings is 1. The molecule has 0 aliphatic carbocycles. The number of nitrogens with zero attached hydrogens (tertiary/aromatic N) is 3. The van der Waals surface area contributed by atoms with Gasteiger partial charge in [0.1, 0.15) is 0 Å². The third kappa shape index (κ3) is 4.94. The van der Waals surface area contributed by atoms with E-state index in [-0.39, 0.29) is 23.9 Å². The molecule has 190 valence electrons. The van der Waals surface area contributed by atoms with Gasteiger partial charge in [0.2, 0.25) is 0 Å². The van der Waals surface area contributed by atoms with Gasteiger partial charge in [-0.15, -0.1) is 0 Å². The quantitative estimate of drug-likeness (QED) is 0.612. The Balaban J connectivity index is 1.32. The van der Waals surface area contributed by atoms with Crippen LogP contribution in [-0.2, 0) is 36.8 Å². The normalized spacial score (nSPS) is 25.7. The second-order valence-corrected chi connectivity index (χ2v) is 9.20. The Bertz CT molecular complexity index is 1070. The predicted molar refractivity (Wildman–Crippen MR) is 130 cm³/mol. The molecule has 0 radical (unpaired) electrons. The van der Waals surface area contributed by atoms with Crippen LogP contribution in [0.2, 0.25) is 0 Å². The number of fused-ring (bicyclic) bond motifs is 2.